The number of aromatic amines is 1. The summed E-state index contributed by atoms with van der Waals surface area (Å²) in [5, 5.41) is 3.19. The van der Waals surface area contributed by atoms with Crippen LogP contribution in [0, 0.1) is 0 Å². The molecule has 0 unspecified atom stereocenters. The van der Waals surface area contributed by atoms with Crippen molar-refractivity contribution < 1.29 is 9.59 Å². The molecule has 0 atom stereocenters. The van der Waals surface area contributed by atoms with Gasteiger partial charge in [-0.3, -0.25) is 23.9 Å². The van der Waals surface area contributed by atoms with E-state index in [-0.39, 0.29) is 18.9 Å². The van der Waals surface area contributed by atoms with E-state index in [9.17, 15) is 19.2 Å². The van der Waals surface area contributed by atoms with Gasteiger partial charge in [0.2, 0.25) is 11.8 Å². The fourth-order valence-corrected chi connectivity index (χ4v) is 2.99. The molecule has 144 valence electrons. The molecule has 0 radical (unpaired) electrons. The number of H-pyrrole nitrogens is 1. The minimum absolute atomic E-state index is 0.0945. The van der Waals surface area contributed by atoms with Crippen molar-refractivity contribution in [2.75, 3.05) is 6.54 Å². The molecular weight excluding hydrogens is 360 g/mol. The summed E-state index contributed by atoms with van der Waals surface area (Å²) in [6.45, 7) is 0.543. The lowest BCUT2D eigenvalue weighted by atomic mass is 10.1. The smallest absolute Gasteiger partial charge is 0.328 e. The zero-order chi connectivity index (χ0) is 20.1. The molecule has 8 heteroatoms. The monoisotopic (exact) mass is 380 g/mol. The van der Waals surface area contributed by atoms with Gasteiger partial charge in [-0.25, -0.2) is 4.79 Å². The molecule has 0 bridgehead atoms. The third-order valence-electron chi connectivity index (χ3n) is 4.41. The van der Waals surface area contributed by atoms with Crippen LogP contribution in [0.3, 0.4) is 0 Å². The van der Waals surface area contributed by atoms with Gasteiger partial charge in [-0.15, -0.1) is 0 Å². The molecule has 0 saturated heterocycles. The van der Waals surface area contributed by atoms with Crippen LogP contribution < -0.4 is 22.3 Å². The highest BCUT2D eigenvalue weighted by molar-refractivity contribution is 5.92. The Morgan fingerprint density at radius 1 is 1.07 bits per heavy atom. The highest BCUT2D eigenvalue weighted by Crippen LogP contribution is 2.07. The van der Waals surface area contributed by atoms with Gasteiger partial charge in [0.15, 0.2) is 0 Å². The number of nitrogens with one attached hydrogen (secondary N) is 2. The average molecular weight is 380 g/mol. The fraction of sp³-hybridized carbons (Fsp3) is 0.200. The number of nitrogens with zero attached hydrogens (tertiary/aromatic N) is 1. The molecule has 2 aromatic carbocycles. The van der Waals surface area contributed by atoms with Gasteiger partial charge in [-0.2, -0.15) is 0 Å². The van der Waals surface area contributed by atoms with Gasteiger partial charge in [0, 0.05) is 25.1 Å². The molecule has 3 rings (SSSR count). The minimum atomic E-state index is -0.542. The van der Waals surface area contributed by atoms with Crippen LogP contribution in [-0.4, -0.2) is 27.9 Å². The van der Waals surface area contributed by atoms with Crippen molar-refractivity contribution in [3.8, 4) is 0 Å². The number of fused-ring (bicyclic) bond motifs is 1. The largest absolute Gasteiger partial charge is 0.366 e. The van der Waals surface area contributed by atoms with Crippen molar-refractivity contribution >= 4 is 22.7 Å². The van der Waals surface area contributed by atoms with Crippen LogP contribution in [0.5, 0.6) is 0 Å². The van der Waals surface area contributed by atoms with E-state index in [0.29, 0.717) is 29.4 Å². The first-order valence-corrected chi connectivity index (χ1v) is 8.83. The van der Waals surface area contributed by atoms with Crippen molar-refractivity contribution in [3.63, 3.8) is 0 Å². The van der Waals surface area contributed by atoms with Gasteiger partial charge >= 0.3 is 5.69 Å². The minimum Gasteiger partial charge on any atom is -0.366 e. The third-order valence-corrected chi connectivity index (χ3v) is 4.41. The molecule has 0 fully saturated rings. The number of nitrogens with two attached hydrogens (primary N) is 1. The van der Waals surface area contributed by atoms with Gasteiger partial charge in [0.25, 0.3) is 5.56 Å². The Bertz CT molecular complexity index is 1150. The molecule has 8 nitrogen and oxygen atoms in total. The van der Waals surface area contributed by atoms with Crippen LogP contribution in [0.25, 0.3) is 10.9 Å². The quantitative estimate of drug-likeness (QED) is 0.553. The van der Waals surface area contributed by atoms with Gasteiger partial charge in [-0.1, -0.05) is 24.3 Å². The molecule has 3 aromatic rings. The van der Waals surface area contributed by atoms with Crippen molar-refractivity contribution in [2.24, 2.45) is 5.73 Å². The SMILES string of the molecule is NC(=O)c1cccc(CCNC(=O)CCn2c(=O)[nH]c(=O)c3ccccc32)c1. The first-order chi connectivity index (χ1) is 13.5. The second-order valence-corrected chi connectivity index (χ2v) is 6.34. The molecule has 0 aliphatic rings. The number of carbonyl (C=O) groups excluding carboxylic acids is 2. The molecule has 1 aromatic heterocycles. The Morgan fingerprint density at radius 2 is 1.86 bits per heavy atom. The number of rotatable bonds is 7. The molecule has 4 N–H and O–H groups in total. The van der Waals surface area contributed by atoms with E-state index in [2.05, 4.69) is 10.3 Å². The maximum Gasteiger partial charge on any atom is 0.328 e. The van der Waals surface area contributed by atoms with Crippen molar-refractivity contribution in [3.05, 3.63) is 80.5 Å². The number of para-hydroxylation sites is 1. The van der Waals surface area contributed by atoms with Gasteiger partial charge < -0.3 is 11.1 Å². The molecular formula is C20H20N4O4. The highest BCUT2D eigenvalue weighted by atomic mass is 16.2. The fourth-order valence-electron chi connectivity index (χ4n) is 2.99. The Hall–Kier alpha value is -3.68. The molecule has 28 heavy (non-hydrogen) atoms. The Morgan fingerprint density at radius 3 is 2.64 bits per heavy atom. The first-order valence-electron chi connectivity index (χ1n) is 8.83. The molecule has 0 aliphatic heterocycles. The number of benzene rings is 2. The van der Waals surface area contributed by atoms with Gasteiger partial charge in [-0.05, 0) is 36.2 Å². The second-order valence-electron chi connectivity index (χ2n) is 6.34. The number of hydrogen-bond acceptors (Lipinski definition) is 4. The van der Waals surface area contributed by atoms with E-state index in [1.807, 2.05) is 6.07 Å². The predicted octanol–water partition coefficient (Wildman–Crippen LogP) is 0.538. The number of amides is 2. The van der Waals surface area contributed by atoms with E-state index in [4.69, 9.17) is 5.73 Å². The summed E-state index contributed by atoms with van der Waals surface area (Å²) >= 11 is 0. The molecule has 1 heterocycles. The maximum absolute atomic E-state index is 12.1. The van der Waals surface area contributed by atoms with E-state index in [1.165, 1.54) is 4.57 Å². The number of aryl methyl sites for hydroxylation is 1. The van der Waals surface area contributed by atoms with Crippen LogP contribution in [0.2, 0.25) is 0 Å². The topological polar surface area (TPSA) is 127 Å². The summed E-state index contributed by atoms with van der Waals surface area (Å²) in [5.74, 6) is -0.710. The summed E-state index contributed by atoms with van der Waals surface area (Å²) in [4.78, 5) is 49.5. The lowest BCUT2D eigenvalue weighted by molar-refractivity contribution is -0.121. The van der Waals surface area contributed by atoms with Gasteiger partial charge in [0.1, 0.15) is 0 Å². The van der Waals surface area contributed by atoms with Crippen molar-refractivity contribution in [1.82, 2.24) is 14.9 Å². The predicted molar refractivity (Wildman–Crippen MR) is 105 cm³/mol. The van der Waals surface area contributed by atoms with Crippen LogP contribution in [0.4, 0.5) is 0 Å². The molecule has 0 spiro atoms. The molecule has 2 amide bonds. The normalized spacial score (nSPS) is 10.7. The van der Waals surface area contributed by atoms with Crippen LogP contribution in [0.1, 0.15) is 22.3 Å². The van der Waals surface area contributed by atoms with E-state index in [1.54, 1.807) is 42.5 Å². The number of carbonyl (C=O) groups is 2. The lowest BCUT2D eigenvalue weighted by Crippen LogP contribution is -2.33. The Balaban J connectivity index is 1.59. The highest BCUT2D eigenvalue weighted by Gasteiger charge is 2.09. The van der Waals surface area contributed by atoms with E-state index >= 15 is 0 Å². The maximum atomic E-state index is 12.1. The lowest BCUT2D eigenvalue weighted by Gasteiger charge is -2.10. The second kappa shape index (κ2) is 8.34. The zero-order valence-electron chi connectivity index (χ0n) is 15.1. The Labute approximate surface area is 160 Å². The number of aromatic nitrogens is 2. The van der Waals surface area contributed by atoms with Crippen LogP contribution >= 0.6 is 0 Å². The summed E-state index contributed by atoms with van der Waals surface area (Å²) < 4.78 is 1.38. The molecule has 0 aliphatic carbocycles. The van der Waals surface area contributed by atoms with Gasteiger partial charge in [0.05, 0.1) is 10.9 Å². The summed E-state index contributed by atoms with van der Waals surface area (Å²) in [5.41, 5.74) is 6.08. The van der Waals surface area contributed by atoms with E-state index in [0.717, 1.165) is 5.56 Å². The Kier molecular flexibility index (Phi) is 5.69. The zero-order valence-corrected chi connectivity index (χ0v) is 15.1. The summed E-state index contributed by atoms with van der Waals surface area (Å²) in [6, 6.07) is 13.7. The summed E-state index contributed by atoms with van der Waals surface area (Å²) in [6.07, 6.45) is 0.645. The first kappa shape index (κ1) is 19.1. The molecule has 0 saturated carbocycles. The third kappa shape index (κ3) is 4.35. The number of hydrogen-bond donors (Lipinski definition) is 3. The van der Waals surface area contributed by atoms with Crippen LogP contribution in [0.15, 0.2) is 58.1 Å². The average Bonchev–Trinajstić information content (AvgIpc) is 2.68. The standard InChI is InChI=1S/C20H20N4O4/c21-18(26)14-5-3-4-13(12-14)8-10-22-17(25)9-11-24-16-7-2-1-6-15(16)19(27)23-20(24)28/h1-7,12H,8-11H2,(H2,21,26)(H,22,25)(H,23,27,28). The van der Waals surface area contributed by atoms with Crippen molar-refractivity contribution in [2.45, 2.75) is 19.4 Å². The number of primary amides is 1. The van der Waals surface area contributed by atoms with E-state index < -0.39 is 17.2 Å². The van der Waals surface area contributed by atoms with Crippen LogP contribution in [-0.2, 0) is 17.8 Å². The van der Waals surface area contributed by atoms with Crippen molar-refractivity contribution in [1.29, 1.82) is 0 Å². The summed E-state index contributed by atoms with van der Waals surface area (Å²) in [7, 11) is 0.